The number of benzene rings is 2. The summed E-state index contributed by atoms with van der Waals surface area (Å²) in [5.41, 5.74) is 1.79. The van der Waals surface area contributed by atoms with Gasteiger partial charge in [0, 0.05) is 35.4 Å². The fraction of sp³-hybridized carbons (Fsp3) is 0.211. The highest BCUT2D eigenvalue weighted by Crippen LogP contribution is 2.28. The second-order valence-corrected chi connectivity index (χ2v) is 6.48. The summed E-state index contributed by atoms with van der Waals surface area (Å²) in [6, 6.07) is 13.1. The Morgan fingerprint density at radius 1 is 1.08 bits per heavy atom. The summed E-state index contributed by atoms with van der Waals surface area (Å²) >= 11 is 5.90. The molecule has 134 valence electrons. The molecular weight excluding hydrogens is 354 g/mol. The van der Waals surface area contributed by atoms with Gasteiger partial charge in [-0.15, -0.1) is 0 Å². The minimum atomic E-state index is -0.590. The van der Waals surface area contributed by atoms with Crippen molar-refractivity contribution >= 4 is 46.4 Å². The number of carbonyl (C=O) groups is 3. The Balaban J connectivity index is 1.77. The maximum absolute atomic E-state index is 12.7. The number of anilines is 3. The largest absolute Gasteiger partial charge is 0.326 e. The number of nitrogens with one attached hydrogen (secondary N) is 2. The zero-order valence-electron chi connectivity index (χ0n) is 14.2. The lowest BCUT2D eigenvalue weighted by atomic mass is 10.1. The van der Waals surface area contributed by atoms with Crippen LogP contribution in [-0.2, 0) is 14.4 Å². The first kappa shape index (κ1) is 17.9. The van der Waals surface area contributed by atoms with Crippen LogP contribution in [0.25, 0.3) is 0 Å². The molecule has 1 atom stereocenters. The zero-order valence-corrected chi connectivity index (χ0v) is 14.9. The molecule has 3 rings (SSSR count). The minimum absolute atomic E-state index is 0.0977. The SMILES string of the molecule is CC(=O)Nc1cccc(NC(=O)C2CCC(=O)N2c2ccc(Cl)cc2)c1. The van der Waals surface area contributed by atoms with E-state index in [4.69, 9.17) is 11.6 Å². The fourth-order valence-corrected chi connectivity index (χ4v) is 3.09. The quantitative estimate of drug-likeness (QED) is 0.864. The van der Waals surface area contributed by atoms with Crippen LogP contribution in [0.4, 0.5) is 17.1 Å². The molecular formula is C19H18ClN3O3. The number of hydrogen-bond donors (Lipinski definition) is 2. The van der Waals surface area contributed by atoms with Gasteiger partial charge in [0.05, 0.1) is 0 Å². The van der Waals surface area contributed by atoms with E-state index in [1.807, 2.05) is 0 Å². The van der Waals surface area contributed by atoms with Crippen molar-refractivity contribution in [3.8, 4) is 0 Å². The Morgan fingerprint density at radius 2 is 1.73 bits per heavy atom. The molecule has 6 nitrogen and oxygen atoms in total. The fourth-order valence-electron chi connectivity index (χ4n) is 2.96. The van der Waals surface area contributed by atoms with Crippen molar-refractivity contribution in [1.29, 1.82) is 0 Å². The van der Waals surface area contributed by atoms with E-state index < -0.39 is 6.04 Å². The summed E-state index contributed by atoms with van der Waals surface area (Å²) in [5, 5.41) is 6.05. The summed E-state index contributed by atoms with van der Waals surface area (Å²) in [5.74, 6) is -0.561. The monoisotopic (exact) mass is 371 g/mol. The van der Waals surface area contributed by atoms with Crippen molar-refractivity contribution in [3.63, 3.8) is 0 Å². The van der Waals surface area contributed by atoms with Gasteiger partial charge in [0.2, 0.25) is 17.7 Å². The van der Waals surface area contributed by atoms with E-state index in [9.17, 15) is 14.4 Å². The van der Waals surface area contributed by atoms with Gasteiger partial charge in [-0.05, 0) is 48.9 Å². The molecule has 1 aliphatic heterocycles. The molecule has 0 aliphatic carbocycles. The third-order valence-electron chi connectivity index (χ3n) is 4.07. The van der Waals surface area contributed by atoms with Crippen LogP contribution in [0.3, 0.4) is 0 Å². The molecule has 26 heavy (non-hydrogen) atoms. The van der Waals surface area contributed by atoms with Crippen LogP contribution in [0.5, 0.6) is 0 Å². The minimum Gasteiger partial charge on any atom is -0.326 e. The van der Waals surface area contributed by atoms with E-state index in [1.165, 1.54) is 11.8 Å². The third-order valence-corrected chi connectivity index (χ3v) is 4.32. The van der Waals surface area contributed by atoms with Gasteiger partial charge in [0.15, 0.2) is 0 Å². The second kappa shape index (κ2) is 7.58. The molecule has 1 heterocycles. The first-order valence-electron chi connectivity index (χ1n) is 8.20. The van der Waals surface area contributed by atoms with Crippen molar-refractivity contribution < 1.29 is 14.4 Å². The summed E-state index contributed by atoms with van der Waals surface area (Å²) in [7, 11) is 0. The number of hydrogen-bond acceptors (Lipinski definition) is 3. The summed E-state index contributed by atoms with van der Waals surface area (Å²) in [6.45, 7) is 1.42. The van der Waals surface area contributed by atoms with E-state index in [2.05, 4.69) is 10.6 Å². The molecule has 2 aromatic carbocycles. The highest BCUT2D eigenvalue weighted by Gasteiger charge is 2.37. The van der Waals surface area contributed by atoms with E-state index >= 15 is 0 Å². The van der Waals surface area contributed by atoms with Gasteiger partial charge in [0.25, 0.3) is 0 Å². The molecule has 1 fully saturated rings. The molecule has 0 radical (unpaired) electrons. The molecule has 1 unspecified atom stereocenters. The predicted octanol–water partition coefficient (Wildman–Crippen LogP) is 3.43. The Bertz CT molecular complexity index is 851. The van der Waals surface area contributed by atoms with Crippen LogP contribution in [0, 0.1) is 0 Å². The molecule has 1 aliphatic rings. The van der Waals surface area contributed by atoms with E-state index in [0.29, 0.717) is 34.9 Å². The van der Waals surface area contributed by atoms with E-state index in [1.54, 1.807) is 48.5 Å². The number of halogens is 1. The Hall–Kier alpha value is -2.86. The Labute approximate surface area is 156 Å². The standard InChI is InChI=1S/C19H18ClN3O3/c1-12(24)21-14-3-2-4-15(11-14)22-19(26)17-9-10-18(25)23(17)16-7-5-13(20)6-8-16/h2-8,11,17H,9-10H2,1H3,(H,21,24)(H,22,26). The van der Waals surface area contributed by atoms with Crippen LogP contribution in [-0.4, -0.2) is 23.8 Å². The molecule has 3 amide bonds. The maximum atomic E-state index is 12.7. The van der Waals surface area contributed by atoms with Gasteiger partial charge in [-0.1, -0.05) is 17.7 Å². The average Bonchev–Trinajstić information content (AvgIpc) is 2.97. The van der Waals surface area contributed by atoms with Crippen LogP contribution >= 0.6 is 11.6 Å². The number of rotatable bonds is 4. The lowest BCUT2D eigenvalue weighted by Crippen LogP contribution is -2.41. The van der Waals surface area contributed by atoms with Gasteiger partial charge >= 0.3 is 0 Å². The Kier molecular flexibility index (Phi) is 5.23. The van der Waals surface area contributed by atoms with Gasteiger partial charge in [-0.2, -0.15) is 0 Å². The van der Waals surface area contributed by atoms with Crippen molar-refractivity contribution in [2.24, 2.45) is 0 Å². The number of nitrogens with zero attached hydrogens (tertiary/aromatic N) is 1. The molecule has 0 bridgehead atoms. The summed E-state index contributed by atoms with van der Waals surface area (Å²) < 4.78 is 0. The molecule has 7 heteroatoms. The van der Waals surface area contributed by atoms with E-state index in [0.717, 1.165) is 0 Å². The van der Waals surface area contributed by atoms with Gasteiger partial charge in [-0.25, -0.2) is 0 Å². The highest BCUT2D eigenvalue weighted by molar-refractivity contribution is 6.30. The normalized spacial score (nSPS) is 16.5. The lowest BCUT2D eigenvalue weighted by molar-refractivity contribution is -0.120. The lowest BCUT2D eigenvalue weighted by Gasteiger charge is -2.24. The van der Waals surface area contributed by atoms with Crippen molar-refractivity contribution in [3.05, 3.63) is 53.6 Å². The van der Waals surface area contributed by atoms with Crippen LogP contribution < -0.4 is 15.5 Å². The molecule has 2 N–H and O–H groups in total. The van der Waals surface area contributed by atoms with Crippen molar-refractivity contribution in [2.75, 3.05) is 15.5 Å². The van der Waals surface area contributed by atoms with Gasteiger partial charge in [0.1, 0.15) is 6.04 Å². The van der Waals surface area contributed by atoms with Crippen molar-refractivity contribution in [2.45, 2.75) is 25.8 Å². The molecule has 2 aromatic rings. The first-order chi connectivity index (χ1) is 12.4. The highest BCUT2D eigenvalue weighted by atomic mass is 35.5. The zero-order chi connectivity index (χ0) is 18.7. The molecule has 1 saturated heterocycles. The topological polar surface area (TPSA) is 78.5 Å². The number of amides is 3. The molecule has 0 aromatic heterocycles. The smallest absolute Gasteiger partial charge is 0.247 e. The number of carbonyl (C=O) groups excluding carboxylic acids is 3. The second-order valence-electron chi connectivity index (χ2n) is 6.05. The average molecular weight is 372 g/mol. The first-order valence-corrected chi connectivity index (χ1v) is 8.58. The molecule has 0 spiro atoms. The molecule has 0 saturated carbocycles. The van der Waals surface area contributed by atoms with Gasteiger partial charge in [-0.3, -0.25) is 19.3 Å². The summed E-state index contributed by atoms with van der Waals surface area (Å²) in [6.07, 6.45) is 0.755. The third kappa shape index (κ3) is 4.03. The van der Waals surface area contributed by atoms with Crippen LogP contribution in [0.15, 0.2) is 48.5 Å². The van der Waals surface area contributed by atoms with E-state index in [-0.39, 0.29) is 17.7 Å². The Morgan fingerprint density at radius 3 is 2.38 bits per heavy atom. The van der Waals surface area contributed by atoms with Gasteiger partial charge < -0.3 is 10.6 Å². The van der Waals surface area contributed by atoms with Crippen LogP contribution in [0.2, 0.25) is 5.02 Å². The predicted molar refractivity (Wildman–Crippen MR) is 101 cm³/mol. The van der Waals surface area contributed by atoms with Crippen LogP contribution in [0.1, 0.15) is 19.8 Å². The van der Waals surface area contributed by atoms with Crippen molar-refractivity contribution in [1.82, 2.24) is 0 Å². The summed E-state index contributed by atoms with van der Waals surface area (Å²) in [4.78, 5) is 37.7. The maximum Gasteiger partial charge on any atom is 0.247 e.